The molecule has 4 aromatic rings. The molecule has 0 aliphatic carbocycles. The first-order chi connectivity index (χ1) is 16.7. The number of nitrogens with zero attached hydrogens (tertiary/aromatic N) is 6. The largest absolute Gasteiger partial charge is 0.351 e. The Kier molecular flexibility index (Phi) is 5.89. The minimum absolute atomic E-state index is 0.209. The van der Waals surface area contributed by atoms with Crippen LogP contribution in [0, 0.1) is 12.3 Å². The van der Waals surface area contributed by atoms with Crippen molar-refractivity contribution in [1.29, 1.82) is 0 Å². The predicted molar refractivity (Wildman–Crippen MR) is 135 cm³/mol. The van der Waals surface area contributed by atoms with Crippen molar-refractivity contribution in [2.24, 2.45) is 12.5 Å². The van der Waals surface area contributed by atoms with Gasteiger partial charge in [0.25, 0.3) is 11.8 Å². The highest BCUT2D eigenvalue weighted by Gasteiger charge is 2.33. The number of likely N-dealkylation sites (tertiary alicyclic amines) is 1. The van der Waals surface area contributed by atoms with E-state index in [0.29, 0.717) is 34.5 Å². The molecule has 0 radical (unpaired) electrons. The van der Waals surface area contributed by atoms with Crippen LogP contribution < -0.4 is 10.6 Å². The smallest absolute Gasteiger partial charge is 0.260 e. The van der Waals surface area contributed by atoms with Crippen LogP contribution in [0.25, 0.3) is 15.4 Å². The number of amides is 2. The first kappa shape index (κ1) is 23.2. The number of fused-ring (bicyclic) bond motifs is 1. The molecular weight excluding hydrogens is 464 g/mol. The van der Waals surface area contributed by atoms with E-state index in [9.17, 15) is 9.59 Å². The Bertz CT molecular complexity index is 1410. The van der Waals surface area contributed by atoms with Gasteiger partial charge in [-0.15, -0.1) is 11.3 Å². The summed E-state index contributed by atoms with van der Waals surface area (Å²) >= 11 is 1.45. The Balaban J connectivity index is 1.26. The monoisotopic (exact) mass is 492 g/mol. The number of hydrogen-bond acceptors (Lipinski definition) is 7. The van der Waals surface area contributed by atoms with Gasteiger partial charge in [0.05, 0.1) is 45.6 Å². The van der Waals surface area contributed by atoms with E-state index in [1.807, 2.05) is 24.0 Å². The van der Waals surface area contributed by atoms with E-state index in [1.165, 1.54) is 17.5 Å². The summed E-state index contributed by atoms with van der Waals surface area (Å²) in [5.74, 6) is -0.517. The van der Waals surface area contributed by atoms with Crippen molar-refractivity contribution in [3.63, 3.8) is 0 Å². The van der Waals surface area contributed by atoms with Crippen molar-refractivity contribution in [3.8, 4) is 10.6 Å². The highest BCUT2D eigenvalue weighted by atomic mass is 32.1. The summed E-state index contributed by atoms with van der Waals surface area (Å²) in [5.41, 5.74) is 3.16. The van der Waals surface area contributed by atoms with E-state index in [0.717, 1.165) is 35.0 Å². The SMILES string of the molecule is Cc1ncc(C(=O)NCCN2CC(C)(C)C2)cc1NC(=O)c1cnn2cc(-c3cn(C)cn3)sc12. The van der Waals surface area contributed by atoms with Crippen LogP contribution >= 0.6 is 11.3 Å². The Morgan fingerprint density at radius 1 is 1.14 bits per heavy atom. The summed E-state index contributed by atoms with van der Waals surface area (Å²) < 4.78 is 3.55. The van der Waals surface area contributed by atoms with Gasteiger partial charge in [0, 0.05) is 51.8 Å². The second kappa shape index (κ2) is 8.90. The molecule has 1 fully saturated rings. The third-order valence-corrected chi connectivity index (χ3v) is 7.15. The van der Waals surface area contributed by atoms with Gasteiger partial charge in [0.15, 0.2) is 0 Å². The van der Waals surface area contributed by atoms with Gasteiger partial charge < -0.3 is 20.1 Å². The molecule has 5 heterocycles. The van der Waals surface area contributed by atoms with E-state index >= 15 is 0 Å². The van der Waals surface area contributed by atoms with Crippen molar-refractivity contribution in [3.05, 3.63) is 54.0 Å². The van der Waals surface area contributed by atoms with Crippen LogP contribution in [0.4, 0.5) is 5.69 Å². The first-order valence-electron chi connectivity index (χ1n) is 11.4. The van der Waals surface area contributed by atoms with Crippen LogP contribution in [-0.4, -0.2) is 67.0 Å². The number of carbonyl (C=O) groups excluding carboxylic acids is 2. The maximum absolute atomic E-state index is 13.1. The van der Waals surface area contributed by atoms with Gasteiger partial charge in [-0.1, -0.05) is 13.8 Å². The molecule has 0 unspecified atom stereocenters. The molecule has 5 rings (SSSR count). The number of carbonyl (C=O) groups is 2. The van der Waals surface area contributed by atoms with Gasteiger partial charge in [-0.3, -0.25) is 14.6 Å². The van der Waals surface area contributed by atoms with Crippen molar-refractivity contribution < 1.29 is 9.59 Å². The normalized spacial score (nSPS) is 15.2. The molecule has 2 N–H and O–H groups in total. The molecule has 1 aliphatic rings. The van der Waals surface area contributed by atoms with Gasteiger partial charge >= 0.3 is 0 Å². The Morgan fingerprint density at radius 3 is 2.66 bits per heavy atom. The quantitative estimate of drug-likeness (QED) is 0.411. The maximum atomic E-state index is 13.1. The Morgan fingerprint density at radius 2 is 1.94 bits per heavy atom. The highest BCUT2D eigenvalue weighted by molar-refractivity contribution is 7.21. The second-order valence-electron chi connectivity index (χ2n) is 9.77. The fourth-order valence-corrected chi connectivity index (χ4v) is 5.35. The average molecular weight is 493 g/mol. The van der Waals surface area contributed by atoms with Crippen LogP contribution in [0.5, 0.6) is 0 Å². The lowest BCUT2D eigenvalue weighted by Gasteiger charge is -2.45. The zero-order valence-corrected chi connectivity index (χ0v) is 21.0. The van der Waals surface area contributed by atoms with Crippen LogP contribution in [0.2, 0.25) is 0 Å². The van der Waals surface area contributed by atoms with E-state index in [2.05, 4.69) is 44.4 Å². The summed E-state index contributed by atoms with van der Waals surface area (Å²) in [5, 5.41) is 10.2. The second-order valence-corrected chi connectivity index (χ2v) is 10.8. The third-order valence-electron chi connectivity index (χ3n) is 6.01. The number of rotatable bonds is 7. The van der Waals surface area contributed by atoms with Crippen molar-refractivity contribution >= 4 is 33.7 Å². The minimum Gasteiger partial charge on any atom is -0.351 e. The lowest BCUT2D eigenvalue weighted by atomic mass is 9.84. The molecule has 1 saturated heterocycles. The van der Waals surface area contributed by atoms with E-state index < -0.39 is 0 Å². The number of imidazole rings is 1. The molecule has 11 heteroatoms. The Labute approximate surface area is 207 Å². The van der Waals surface area contributed by atoms with E-state index in [-0.39, 0.29) is 11.8 Å². The highest BCUT2D eigenvalue weighted by Crippen LogP contribution is 2.30. The number of aromatic nitrogens is 5. The van der Waals surface area contributed by atoms with E-state index in [1.54, 1.807) is 30.0 Å². The number of hydrogen-bond donors (Lipinski definition) is 2. The number of aryl methyl sites for hydroxylation is 2. The van der Waals surface area contributed by atoms with Crippen molar-refractivity contribution in [1.82, 2.24) is 34.4 Å². The topological polar surface area (TPSA) is 109 Å². The molecule has 0 atom stereocenters. The lowest BCUT2D eigenvalue weighted by molar-refractivity contribution is 0.0323. The summed E-state index contributed by atoms with van der Waals surface area (Å²) in [6.07, 6.45) is 8.58. The number of pyridine rings is 1. The molecule has 0 saturated carbocycles. The standard InChI is InChI=1S/C24H28N8O2S/c1-15-18(7-16(8-26-15)21(33)25-5-6-31-12-24(2,3)13-31)29-22(34)17-9-28-32-11-20(35-23(17)32)19-10-30(4)14-27-19/h7-11,14H,5-6,12-13H2,1-4H3,(H,25,33)(H,29,34). The van der Waals surface area contributed by atoms with E-state index in [4.69, 9.17) is 0 Å². The molecule has 10 nitrogen and oxygen atoms in total. The van der Waals surface area contributed by atoms with Crippen molar-refractivity contribution in [2.75, 3.05) is 31.5 Å². The van der Waals surface area contributed by atoms with Crippen LogP contribution in [0.15, 0.2) is 37.2 Å². The first-order valence-corrected chi connectivity index (χ1v) is 12.2. The molecule has 0 aromatic carbocycles. The molecule has 1 aliphatic heterocycles. The van der Waals surface area contributed by atoms with Gasteiger partial charge in [-0.2, -0.15) is 5.10 Å². The molecule has 0 bridgehead atoms. The van der Waals surface area contributed by atoms with Crippen molar-refractivity contribution in [2.45, 2.75) is 20.8 Å². The number of anilines is 1. The molecule has 0 spiro atoms. The molecular formula is C24H28N8O2S. The molecule has 4 aromatic heterocycles. The maximum Gasteiger partial charge on any atom is 0.260 e. The van der Waals surface area contributed by atoms with Gasteiger partial charge in [0.2, 0.25) is 0 Å². The Hall–Kier alpha value is -3.57. The van der Waals surface area contributed by atoms with Crippen LogP contribution in [0.3, 0.4) is 0 Å². The van der Waals surface area contributed by atoms with Crippen LogP contribution in [-0.2, 0) is 7.05 Å². The molecule has 2 amide bonds. The number of nitrogens with one attached hydrogen (secondary N) is 2. The fraction of sp³-hybridized carbons (Fsp3) is 0.375. The van der Waals surface area contributed by atoms with Gasteiger partial charge in [-0.05, 0) is 18.4 Å². The zero-order valence-electron chi connectivity index (χ0n) is 20.2. The third kappa shape index (κ3) is 4.82. The van der Waals surface area contributed by atoms with Gasteiger partial charge in [-0.25, -0.2) is 9.50 Å². The average Bonchev–Trinajstić information content (AvgIpc) is 3.49. The fourth-order valence-electron chi connectivity index (χ4n) is 4.33. The summed E-state index contributed by atoms with van der Waals surface area (Å²) in [6.45, 7) is 9.74. The predicted octanol–water partition coefficient (Wildman–Crippen LogP) is 2.82. The number of thiazole rings is 1. The zero-order chi connectivity index (χ0) is 24.7. The molecule has 182 valence electrons. The summed E-state index contributed by atoms with van der Waals surface area (Å²) in [6, 6.07) is 1.66. The van der Waals surface area contributed by atoms with Crippen LogP contribution in [0.1, 0.15) is 40.3 Å². The summed E-state index contributed by atoms with van der Waals surface area (Å²) in [7, 11) is 1.91. The lowest BCUT2D eigenvalue weighted by Crippen LogP contribution is -2.54. The minimum atomic E-state index is -0.308. The molecule has 35 heavy (non-hydrogen) atoms. The summed E-state index contributed by atoms with van der Waals surface area (Å²) in [4.78, 5) is 38.4. The van der Waals surface area contributed by atoms with Gasteiger partial charge in [0.1, 0.15) is 4.83 Å².